The van der Waals surface area contributed by atoms with Crippen molar-refractivity contribution in [1.29, 1.82) is 0 Å². The highest BCUT2D eigenvalue weighted by Crippen LogP contribution is 2.15. The maximum atomic E-state index is 10.5. The highest BCUT2D eigenvalue weighted by atomic mass is 16.3. The Morgan fingerprint density at radius 2 is 2.15 bits per heavy atom. The second-order valence-electron chi connectivity index (χ2n) is 6.13. The minimum atomic E-state index is -0.358. The van der Waals surface area contributed by atoms with Gasteiger partial charge in [0, 0.05) is 44.3 Å². The van der Waals surface area contributed by atoms with Crippen molar-refractivity contribution in [3.05, 3.63) is 18.0 Å². The van der Waals surface area contributed by atoms with Crippen LogP contribution >= 0.6 is 0 Å². The maximum absolute atomic E-state index is 10.5. The number of aliphatic hydroxyl groups is 1. The summed E-state index contributed by atoms with van der Waals surface area (Å²) in [5.74, 6) is 0. The molecule has 1 aromatic heterocycles. The maximum Gasteiger partial charge on any atom is 0.0763 e. The first-order valence-electron chi connectivity index (χ1n) is 7.62. The molecule has 1 fully saturated rings. The molecule has 2 heterocycles. The van der Waals surface area contributed by atoms with Gasteiger partial charge in [0.1, 0.15) is 0 Å². The van der Waals surface area contributed by atoms with E-state index in [0.29, 0.717) is 12.5 Å². The summed E-state index contributed by atoms with van der Waals surface area (Å²) < 4.78 is 2.00. The molecule has 1 saturated heterocycles. The van der Waals surface area contributed by atoms with E-state index in [1.165, 1.54) is 0 Å². The molecule has 5 nitrogen and oxygen atoms in total. The van der Waals surface area contributed by atoms with Gasteiger partial charge in [-0.05, 0) is 33.5 Å². The van der Waals surface area contributed by atoms with Gasteiger partial charge in [-0.25, -0.2) is 0 Å². The zero-order chi connectivity index (χ0) is 14.7. The molecule has 0 amide bonds. The summed E-state index contributed by atoms with van der Waals surface area (Å²) in [5, 5.41) is 15.1. The highest BCUT2D eigenvalue weighted by molar-refractivity contribution is 5.03. The summed E-state index contributed by atoms with van der Waals surface area (Å²) in [6, 6.07) is 2.65. The average molecular weight is 280 g/mol. The van der Waals surface area contributed by atoms with Crippen LogP contribution in [0.4, 0.5) is 0 Å². The third kappa shape index (κ3) is 3.59. The monoisotopic (exact) mass is 280 g/mol. The zero-order valence-corrected chi connectivity index (χ0v) is 13.2. The van der Waals surface area contributed by atoms with Crippen molar-refractivity contribution in [2.45, 2.75) is 44.9 Å². The van der Waals surface area contributed by atoms with Crippen molar-refractivity contribution in [2.75, 3.05) is 33.7 Å². The van der Waals surface area contributed by atoms with Gasteiger partial charge in [-0.2, -0.15) is 5.10 Å². The van der Waals surface area contributed by atoms with Gasteiger partial charge in [-0.3, -0.25) is 9.58 Å². The van der Waals surface area contributed by atoms with E-state index in [2.05, 4.69) is 42.8 Å². The Hall–Kier alpha value is -0.910. The third-order valence-electron chi connectivity index (χ3n) is 4.47. The molecule has 1 aliphatic heterocycles. The molecule has 1 aromatic rings. The Balaban J connectivity index is 1.96. The van der Waals surface area contributed by atoms with Gasteiger partial charge in [0.15, 0.2) is 0 Å². The van der Waals surface area contributed by atoms with E-state index >= 15 is 0 Å². The predicted molar refractivity (Wildman–Crippen MR) is 80.9 cm³/mol. The Bertz CT molecular complexity index is 420. The van der Waals surface area contributed by atoms with Gasteiger partial charge in [0.05, 0.1) is 11.8 Å². The minimum Gasteiger partial charge on any atom is -0.391 e. The lowest BCUT2D eigenvalue weighted by Gasteiger charge is -2.40. The molecule has 0 radical (unpaired) electrons. The summed E-state index contributed by atoms with van der Waals surface area (Å²) in [7, 11) is 4.21. The van der Waals surface area contributed by atoms with Crippen molar-refractivity contribution in [1.82, 2.24) is 19.6 Å². The number of aromatic nitrogens is 2. The molecular formula is C15H28N4O. The molecule has 114 valence electrons. The van der Waals surface area contributed by atoms with E-state index in [9.17, 15) is 5.11 Å². The lowest BCUT2D eigenvalue weighted by atomic mass is 10.0. The number of likely N-dealkylation sites (N-methyl/N-ethyl adjacent to an activating group) is 2. The van der Waals surface area contributed by atoms with Crippen molar-refractivity contribution < 1.29 is 5.11 Å². The van der Waals surface area contributed by atoms with Crippen LogP contribution in [0.2, 0.25) is 0 Å². The van der Waals surface area contributed by atoms with Crippen molar-refractivity contribution in [2.24, 2.45) is 0 Å². The summed E-state index contributed by atoms with van der Waals surface area (Å²) in [6.45, 7) is 7.33. The molecule has 20 heavy (non-hydrogen) atoms. The van der Waals surface area contributed by atoms with Crippen molar-refractivity contribution in [3.63, 3.8) is 0 Å². The first-order valence-corrected chi connectivity index (χ1v) is 7.62. The van der Waals surface area contributed by atoms with Gasteiger partial charge in [0.2, 0.25) is 0 Å². The van der Waals surface area contributed by atoms with Gasteiger partial charge in [0.25, 0.3) is 0 Å². The lowest BCUT2D eigenvalue weighted by molar-refractivity contribution is 0.0148. The molecule has 2 rings (SSSR count). The lowest BCUT2D eigenvalue weighted by Crippen LogP contribution is -2.55. The van der Waals surface area contributed by atoms with E-state index in [1.807, 2.05) is 16.9 Å². The van der Waals surface area contributed by atoms with Crippen LogP contribution in [0, 0.1) is 0 Å². The summed E-state index contributed by atoms with van der Waals surface area (Å²) >= 11 is 0. The van der Waals surface area contributed by atoms with E-state index < -0.39 is 0 Å². The Morgan fingerprint density at radius 1 is 1.40 bits per heavy atom. The topological polar surface area (TPSA) is 44.5 Å². The zero-order valence-electron chi connectivity index (χ0n) is 13.2. The first-order chi connectivity index (χ1) is 9.51. The van der Waals surface area contributed by atoms with Crippen LogP contribution in [-0.4, -0.2) is 70.6 Å². The summed E-state index contributed by atoms with van der Waals surface area (Å²) in [5.41, 5.74) is 0.986. The molecule has 0 saturated carbocycles. The van der Waals surface area contributed by atoms with Gasteiger partial charge in [-0.1, -0.05) is 6.92 Å². The first kappa shape index (κ1) is 15.5. The quantitative estimate of drug-likeness (QED) is 0.874. The van der Waals surface area contributed by atoms with Crippen LogP contribution in [-0.2, 0) is 6.42 Å². The number of aliphatic hydroxyl groups excluding tert-OH is 1. The molecule has 5 heteroatoms. The smallest absolute Gasteiger partial charge is 0.0763 e. The Morgan fingerprint density at radius 3 is 2.85 bits per heavy atom. The number of rotatable bonds is 5. The molecule has 0 spiro atoms. The van der Waals surface area contributed by atoms with E-state index in [0.717, 1.165) is 31.7 Å². The normalized spacial score (nSPS) is 24.8. The fraction of sp³-hybridized carbons (Fsp3) is 0.800. The summed E-state index contributed by atoms with van der Waals surface area (Å²) in [6.07, 6.45) is 3.36. The second kappa shape index (κ2) is 6.70. The molecule has 0 bridgehead atoms. The SMILES string of the molecule is CCC(C)n1ccc(CC(O)C2CN(C)CCN2C)n1. The molecule has 1 N–H and O–H groups in total. The van der Waals surface area contributed by atoms with E-state index in [4.69, 9.17) is 0 Å². The van der Waals surface area contributed by atoms with E-state index in [-0.39, 0.29) is 12.1 Å². The number of hydrogen-bond donors (Lipinski definition) is 1. The molecule has 1 aliphatic rings. The standard InChI is InChI=1S/C15H28N4O/c1-5-12(2)19-7-6-13(16-19)10-15(20)14-11-17(3)8-9-18(14)4/h6-7,12,14-15,20H,5,8-11H2,1-4H3. The average Bonchev–Trinajstić information content (AvgIpc) is 2.89. The molecular weight excluding hydrogens is 252 g/mol. The third-order valence-corrected chi connectivity index (χ3v) is 4.47. The van der Waals surface area contributed by atoms with Crippen LogP contribution in [0.1, 0.15) is 32.0 Å². The molecule has 3 atom stereocenters. The van der Waals surface area contributed by atoms with Crippen molar-refractivity contribution >= 4 is 0 Å². The Kier molecular flexibility index (Phi) is 5.18. The van der Waals surface area contributed by atoms with Crippen LogP contribution in [0.5, 0.6) is 0 Å². The minimum absolute atomic E-state index is 0.197. The van der Waals surface area contributed by atoms with Crippen molar-refractivity contribution in [3.8, 4) is 0 Å². The van der Waals surface area contributed by atoms with Gasteiger partial charge < -0.3 is 10.0 Å². The Labute approximate surface area is 122 Å². The number of nitrogens with zero attached hydrogens (tertiary/aromatic N) is 4. The highest BCUT2D eigenvalue weighted by Gasteiger charge is 2.29. The van der Waals surface area contributed by atoms with Gasteiger partial charge >= 0.3 is 0 Å². The number of hydrogen-bond acceptors (Lipinski definition) is 4. The fourth-order valence-corrected chi connectivity index (χ4v) is 2.73. The van der Waals surface area contributed by atoms with Crippen LogP contribution < -0.4 is 0 Å². The van der Waals surface area contributed by atoms with E-state index in [1.54, 1.807) is 0 Å². The molecule has 0 aliphatic carbocycles. The van der Waals surface area contributed by atoms with Gasteiger partial charge in [-0.15, -0.1) is 0 Å². The largest absolute Gasteiger partial charge is 0.391 e. The summed E-state index contributed by atoms with van der Waals surface area (Å²) in [4.78, 5) is 4.54. The second-order valence-corrected chi connectivity index (χ2v) is 6.13. The molecule has 3 unspecified atom stereocenters. The van der Waals surface area contributed by atoms with Crippen LogP contribution in [0.15, 0.2) is 12.3 Å². The van der Waals surface area contributed by atoms with Crippen LogP contribution in [0.25, 0.3) is 0 Å². The molecule has 0 aromatic carbocycles. The fourth-order valence-electron chi connectivity index (χ4n) is 2.73. The predicted octanol–water partition coefficient (Wildman–Crippen LogP) is 1.00. The number of piperazine rings is 1. The van der Waals surface area contributed by atoms with Crippen LogP contribution in [0.3, 0.4) is 0 Å².